The molecule has 0 aromatic heterocycles. The molecule has 0 amide bonds. The zero-order valence-corrected chi connectivity index (χ0v) is 13.9. The summed E-state index contributed by atoms with van der Waals surface area (Å²) < 4.78 is 0. The summed E-state index contributed by atoms with van der Waals surface area (Å²) in [5.74, 6) is 0.143. The van der Waals surface area contributed by atoms with Crippen LogP contribution in [0.5, 0.6) is 0 Å². The van der Waals surface area contributed by atoms with E-state index in [4.69, 9.17) is 9.68 Å². The van der Waals surface area contributed by atoms with Gasteiger partial charge in [0.2, 0.25) is 0 Å². The van der Waals surface area contributed by atoms with Crippen LogP contribution in [0, 0.1) is 0 Å². The number of hydrogen-bond acceptors (Lipinski definition) is 5. The van der Waals surface area contributed by atoms with Gasteiger partial charge in [-0.25, -0.2) is 0 Å². The fourth-order valence-electron chi connectivity index (χ4n) is 2.48. The van der Waals surface area contributed by atoms with Crippen LogP contribution in [0.3, 0.4) is 0 Å². The highest BCUT2D eigenvalue weighted by atomic mass is 16.6. The summed E-state index contributed by atoms with van der Waals surface area (Å²) in [6.07, 6.45) is 1.23. The minimum absolute atomic E-state index is 0.143. The van der Waals surface area contributed by atoms with E-state index < -0.39 is 0 Å². The summed E-state index contributed by atoms with van der Waals surface area (Å²) in [7, 11) is 0. The minimum atomic E-state index is 0.143. The molecule has 0 unspecified atom stereocenters. The number of ketones is 1. The lowest BCUT2D eigenvalue weighted by Crippen LogP contribution is -2.25. The summed E-state index contributed by atoms with van der Waals surface area (Å²) in [6, 6.07) is 19.6. The number of benzene rings is 2. The van der Waals surface area contributed by atoms with Gasteiger partial charge in [-0.15, -0.1) is 0 Å². The highest BCUT2D eigenvalue weighted by molar-refractivity contribution is 6.46. The van der Waals surface area contributed by atoms with Gasteiger partial charge in [-0.2, -0.15) is 0 Å². The third-order valence-electron chi connectivity index (χ3n) is 3.84. The number of rotatable bonds is 6. The van der Waals surface area contributed by atoms with Crippen molar-refractivity contribution in [3.8, 4) is 0 Å². The third-order valence-corrected chi connectivity index (χ3v) is 3.84. The Kier molecular flexibility index (Phi) is 5.93. The molecule has 1 saturated carbocycles. The van der Waals surface area contributed by atoms with E-state index in [1.165, 1.54) is 0 Å². The van der Waals surface area contributed by atoms with Gasteiger partial charge < -0.3 is 9.68 Å². The number of carbonyl (C=O) groups excluding carboxylic acids is 1. The van der Waals surface area contributed by atoms with Crippen LogP contribution in [-0.2, 0) is 27.7 Å². The lowest BCUT2D eigenvalue weighted by Gasteiger charge is -2.14. The molecule has 0 spiro atoms. The van der Waals surface area contributed by atoms with Crippen molar-refractivity contribution in [1.29, 1.82) is 0 Å². The molecule has 0 bridgehead atoms. The second kappa shape index (κ2) is 8.78. The molecule has 1 fully saturated rings. The second-order valence-electron chi connectivity index (χ2n) is 5.81. The lowest BCUT2D eigenvalue weighted by molar-refractivity contribution is -0.118. The van der Waals surface area contributed by atoms with Crippen LogP contribution in [0.25, 0.3) is 0 Å². The zero-order chi connectivity index (χ0) is 17.3. The molecule has 2 aromatic rings. The summed E-state index contributed by atoms with van der Waals surface area (Å²) in [5.41, 5.74) is 3.30. The number of carbonyl (C=O) groups is 1. The summed E-state index contributed by atoms with van der Waals surface area (Å²) in [5, 5.41) is 8.29. The highest BCUT2D eigenvalue weighted by Gasteiger charge is 2.22. The second-order valence-corrected chi connectivity index (χ2v) is 5.81. The Morgan fingerprint density at radius 2 is 1.24 bits per heavy atom. The Labute approximate surface area is 146 Å². The average molecular weight is 336 g/mol. The van der Waals surface area contributed by atoms with Crippen LogP contribution in [0.4, 0.5) is 0 Å². The van der Waals surface area contributed by atoms with Gasteiger partial charge >= 0.3 is 0 Å². The smallest absolute Gasteiger partial charge is 0.142 e. The number of nitrogens with zero attached hydrogens (tertiary/aromatic N) is 2. The predicted octanol–water partition coefficient (Wildman–Crippen LogP) is 3.89. The molecule has 5 heteroatoms. The Hall–Kier alpha value is -2.95. The van der Waals surface area contributed by atoms with Crippen molar-refractivity contribution < 1.29 is 14.5 Å². The molecule has 0 atom stereocenters. The van der Waals surface area contributed by atoms with Gasteiger partial charge in [-0.1, -0.05) is 71.0 Å². The van der Waals surface area contributed by atoms with Gasteiger partial charge in [-0.05, 0) is 11.1 Å². The SMILES string of the molecule is O=C1CCC(=NOCc2ccccc2)C(=NOCc2ccccc2)C1. The maximum Gasteiger partial charge on any atom is 0.142 e. The van der Waals surface area contributed by atoms with Gasteiger partial charge in [0.05, 0.1) is 6.42 Å². The van der Waals surface area contributed by atoms with E-state index in [1.807, 2.05) is 60.7 Å². The quantitative estimate of drug-likeness (QED) is 0.752. The summed E-state index contributed by atoms with van der Waals surface area (Å²) >= 11 is 0. The van der Waals surface area contributed by atoms with E-state index in [1.54, 1.807) is 0 Å². The molecule has 25 heavy (non-hydrogen) atoms. The van der Waals surface area contributed by atoms with Crippen LogP contribution in [0.1, 0.15) is 30.4 Å². The van der Waals surface area contributed by atoms with Crippen molar-refractivity contribution in [3.63, 3.8) is 0 Å². The number of hydrogen-bond donors (Lipinski definition) is 0. The molecule has 3 rings (SSSR count). The molecule has 128 valence electrons. The normalized spacial score (nSPS) is 17.7. The first-order valence-electron chi connectivity index (χ1n) is 8.29. The van der Waals surface area contributed by atoms with Crippen LogP contribution < -0.4 is 0 Å². The highest BCUT2D eigenvalue weighted by Crippen LogP contribution is 2.13. The Balaban J connectivity index is 1.60. The molecule has 1 aliphatic carbocycles. The predicted molar refractivity (Wildman–Crippen MR) is 96.2 cm³/mol. The van der Waals surface area contributed by atoms with Crippen LogP contribution in [-0.4, -0.2) is 17.2 Å². The summed E-state index contributed by atoms with van der Waals surface area (Å²) in [4.78, 5) is 22.5. The van der Waals surface area contributed by atoms with Gasteiger partial charge in [0.1, 0.15) is 30.4 Å². The fraction of sp³-hybridized carbons (Fsp3) is 0.250. The molecule has 0 heterocycles. The molecule has 2 aromatic carbocycles. The monoisotopic (exact) mass is 336 g/mol. The largest absolute Gasteiger partial charge is 0.391 e. The van der Waals surface area contributed by atoms with Crippen LogP contribution >= 0.6 is 0 Å². The van der Waals surface area contributed by atoms with Crippen molar-refractivity contribution in [2.45, 2.75) is 32.5 Å². The van der Waals surface area contributed by atoms with Gasteiger partial charge in [-0.3, -0.25) is 4.79 Å². The average Bonchev–Trinajstić information content (AvgIpc) is 2.65. The standard InChI is InChI=1S/C20H20N2O3/c23-18-11-12-19(21-24-14-16-7-3-1-4-8-16)20(13-18)22-25-15-17-9-5-2-6-10-17/h1-10H,11-15H2. The van der Waals surface area contributed by atoms with Gasteiger partial charge in [0, 0.05) is 12.8 Å². The van der Waals surface area contributed by atoms with Crippen LogP contribution in [0.15, 0.2) is 71.0 Å². The Bertz CT molecular complexity index is 755. The minimum Gasteiger partial charge on any atom is -0.391 e. The molecule has 0 saturated heterocycles. The van der Waals surface area contributed by atoms with E-state index in [9.17, 15) is 4.79 Å². The van der Waals surface area contributed by atoms with Crippen LogP contribution in [0.2, 0.25) is 0 Å². The first kappa shape index (κ1) is 16.9. The first-order valence-corrected chi connectivity index (χ1v) is 8.29. The third kappa shape index (κ3) is 5.28. The first-order chi connectivity index (χ1) is 12.3. The number of oxime groups is 2. The summed E-state index contributed by atoms with van der Waals surface area (Å²) in [6.45, 7) is 0.743. The maximum absolute atomic E-state index is 11.7. The topological polar surface area (TPSA) is 60.2 Å². The molecule has 0 radical (unpaired) electrons. The van der Waals surface area contributed by atoms with Crippen molar-refractivity contribution in [2.24, 2.45) is 10.3 Å². The Morgan fingerprint density at radius 3 is 1.80 bits per heavy atom. The van der Waals surface area contributed by atoms with Gasteiger partial charge in [0.25, 0.3) is 0 Å². The van der Waals surface area contributed by atoms with E-state index in [2.05, 4.69) is 10.3 Å². The van der Waals surface area contributed by atoms with E-state index >= 15 is 0 Å². The van der Waals surface area contributed by atoms with Crippen molar-refractivity contribution in [2.75, 3.05) is 0 Å². The lowest BCUT2D eigenvalue weighted by atomic mass is 9.95. The van der Waals surface area contributed by atoms with Crippen molar-refractivity contribution >= 4 is 17.2 Å². The van der Waals surface area contributed by atoms with Crippen molar-refractivity contribution in [1.82, 2.24) is 0 Å². The number of Topliss-reactive ketones (excluding diaryl/α,β-unsaturated/α-hetero) is 1. The van der Waals surface area contributed by atoms with E-state index in [0.29, 0.717) is 37.5 Å². The molecular formula is C20H20N2O3. The maximum atomic E-state index is 11.7. The van der Waals surface area contributed by atoms with Crippen molar-refractivity contribution in [3.05, 3.63) is 71.8 Å². The molecular weight excluding hydrogens is 316 g/mol. The van der Waals surface area contributed by atoms with E-state index in [-0.39, 0.29) is 12.2 Å². The fourth-order valence-corrected chi connectivity index (χ4v) is 2.48. The molecule has 0 N–H and O–H groups in total. The molecule has 0 aliphatic heterocycles. The Morgan fingerprint density at radius 1 is 0.720 bits per heavy atom. The molecule has 5 nitrogen and oxygen atoms in total. The molecule has 1 aliphatic rings. The zero-order valence-electron chi connectivity index (χ0n) is 13.9. The van der Waals surface area contributed by atoms with Gasteiger partial charge in [0.15, 0.2) is 0 Å². The van der Waals surface area contributed by atoms with E-state index in [0.717, 1.165) is 11.1 Å².